The molecular formula is C13H12FN3O3. The molecule has 2 atom stereocenters. The molecule has 3 N–H and O–H groups in total. The summed E-state index contributed by atoms with van der Waals surface area (Å²) in [4.78, 5) is 29.5. The van der Waals surface area contributed by atoms with Crippen molar-refractivity contribution in [2.24, 2.45) is 11.8 Å². The quantitative estimate of drug-likeness (QED) is 0.778. The number of nitrogens with zero attached hydrogens (tertiary/aromatic N) is 1. The van der Waals surface area contributed by atoms with Crippen LogP contribution in [0.4, 0.5) is 4.39 Å². The summed E-state index contributed by atoms with van der Waals surface area (Å²) < 4.78 is 13.0. The standard InChI is InChI=1S/C13H12FN3O3/c14-6-1-2-9-10(3-6)17-11(16-9)5-15-12(18)7-4-8(7)13(19)20/h1-3,7-8H,4-5H2,(H,15,18)(H,16,17)(H,19,20)/t7-,8-/m1/s1. The lowest BCUT2D eigenvalue weighted by molar-refractivity contribution is -0.140. The molecule has 1 aliphatic carbocycles. The molecule has 1 fully saturated rings. The highest BCUT2D eigenvalue weighted by Crippen LogP contribution is 2.38. The van der Waals surface area contributed by atoms with Crippen LogP contribution in [0, 0.1) is 17.7 Å². The molecule has 1 aromatic carbocycles. The Bertz CT molecular complexity index is 697. The molecule has 0 aliphatic heterocycles. The maximum absolute atomic E-state index is 13.0. The Labute approximate surface area is 113 Å². The third kappa shape index (κ3) is 2.34. The minimum absolute atomic E-state index is 0.165. The first kappa shape index (κ1) is 12.6. The van der Waals surface area contributed by atoms with Crippen molar-refractivity contribution in [2.75, 3.05) is 0 Å². The van der Waals surface area contributed by atoms with Gasteiger partial charge in [0, 0.05) is 0 Å². The fraction of sp³-hybridized carbons (Fsp3) is 0.308. The number of benzene rings is 1. The topological polar surface area (TPSA) is 95.1 Å². The third-order valence-corrected chi connectivity index (χ3v) is 3.37. The Morgan fingerprint density at radius 3 is 2.95 bits per heavy atom. The number of aromatic nitrogens is 2. The minimum atomic E-state index is -0.940. The maximum Gasteiger partial charge on any atom is 0.307 e. The Balaban J connectivity index is 1.63. The van der Waals surface area contributed by atoms with Gasteiger partial charge in [-0.2, -0.15) is 0 Å². The number of carboxylic acid groups (broad SMARTS) is 1. The monoisotopic (exact) mass is 277 g/mol. The second-order valence-corrected chi connectivity index (χ2v) is 4.85. The van der Waals surface area contributed by atoms with E-state index < -0.39 is 17.8 Å². The van der Waals surface area contributed by atoms with Gasteiger partial charge in [0.15, 0.2) is 0 Å². The molecule has 0 bridgehead atoms. The van der Waals surface area contributed by atoms with Crippen molar-refractivity contribution >= 4 is 22.9 Å². The molecule has 1 aliphatic rings. The predicted octanol–water partition coefficient (Wildman–Crippen LogP) is 1.04. The number of hydrogen-bond acceptors (Lipinski definition) is 3. The third-order valence-electron chi connectivity index (χ3n) is 3.37. The molecule has 20 heavy (non-hydrogen) atoms. The van der Waals surface area contributed by atoms with Gasteiger partial charge in [0.2, 0.25) is 5.91 Å². The molecular weight excluding hydrogens is 265 g/mol. The van der Waals surface area contributed by atoms with Crippen LogP contribution in [-0.4, -0.2) is 27.0 Å². The van der Waals surface area contributed by atoms with Crippen LogP contribution in [0.5, 0.6) is 0 Å². The van der Waals surface area contributed by atoms with E-state index >= 15 is 0 Å². The lowest BCUT2D eigenvalue weighted by Gasteiger charge is -2.01. The Morgan fingerprint density at radius 1 is 1.45 bits per heavy atom. The number of hydrogen-bond donors (Lipinski definition) is 3. The number of carboxylic acids is 1. The number of imidazole rings is 1. The van der Waals surface area contributed by atoms with Crippen LogP contribution >= 0.6 is 0 Å². The average molecular weight is 277 g/mol. The molecule has 6 nitrogen and oxygen atoms in total. The first-order valence-electron chi connectivity index (χ1n) is 6.19. The van der Waals surface area contributed by atoms with Crippen LogP contribution in [0.25, 0.3) is 11.0 Å². The second kappa shape index (κ2) is 4.59. The molecule has 0 unspecified atom stereocenters. The van der Waals surface area contributed by atoms with Crippen molar-refractivity contribution in [3.05, 3.63) is 29.8 Å². The van der Waals surface area contributed by atoms with E-state index in [2.05, 4.69) is 15.3 Å². The molecule has 1 aromatic heterocycles. The van der Waals surface area contributed by atoms with E-state index in [-0.39, 0.29) is 18.3 Å². The summed E-state index contributed by atoms with van der Waals surface area (Å²) in [5.41, 5.74) is 1.18. The van der Waals surface area contributed by atoms with E-state index in [4.69, 9.17) is 5.11 Å². The Hall–Kier alpha value is -2.44. The number of carbonyl (C=O) groups excluding carboxylic acids is 1. The van der Waals surface area contributed by atoms with Crippen molar-refractivity contribution in [2.45, 2.75) is 13.0 Å². The highest BCUT2D eigenvalue weighted by molar-refractivity contribution is 5.89. The first-order chi connectivity index (χ1) is 9.54. The first-order valence-corrected chi connectivity index (χ1v) is 6.19. The second-order valence-electron chi connectivity index (χ2n) is 4.85. The zero-order chi connectivity index (χ0) is 14.3. The SMILES string of the molecule is O=C(O)[C@@H]1C[C@H]1C(=O)NCc1nc2ccc(F)cc2[nH]1. The van der Waals surface area contributed by atoms with Crippen molar-refractivity contribution in [3.8, 4) is 0 Å². The highest BCUT2D eigenvalue weighted by atomic mass is 19.1. The summed E-state index contributed by atoms with van der Waals surface area (Å²) in [5, 5.41) is 11.4. The van der Waals surface area contributed by atoms with Gasteiger partial charge in [-0.15, -0.1) is 0 Å². The summed E-state index contributed by atoms with van der Waals surface area (Å²) in [6.07, 6.45) is 0.381. The van der Waals surface area contributed by atoms with E-state index in [0.29, 0.717) is 23.3 Å². The molecule has 7 heteroatoms. The molecule has 0 saturated heterocycles. The fourth-order valence-corrected chi connectivity index (χ4v) is 2.18. The van der Waals surface area contributed by atoms with Gasteiger partial charge in [-0.25, -0.2) is 9.37 Å². The lowest BCUT2D eigenvalue weighted by atomic mass is 10.3. The van der Waals surface area contributed by atoms with Crippen LogP contribution in [0.2, 0.25) is 0 Å². The van der Waals surface area contributed by atoms with Gasteiger partial charge in [-0.1, -0.05) is 0 Å². The average Bonchev–Trinajstić information content (AvgIpc) is 3.11. The zero-order valence-corrected chi connectivity index (χ0v) is 10.4. The van der Waals surface area contributed by atoms with Crippen molar-refractivity contribution in [1.29, 1.82) is 0 Å². The molecule has 0 spiro atoms. The maximum atomic E-state index is 13.0. The van der Waals surface area contributed by atoms with Crippen LogP contribution in [0.3, 0.4) is 0 Å². The van der Waals surface area contributed by atoms with Crippen LogP contribution in [0.1, 0.15) is 12.2 Å². The van der Waals surface area contributed by atoms with Gasteiger partial charge in [0.05, 0.1) is 29.4 Å². The van der Waals surface area contributed by atoms with Crippen molar-refractivity contribution in [1.82, 2.24) is 15.3 Å². The van der Waals surface area contributed by atoms with E-state index in [9.17, 15) is 14.0 Å². The van der Waals surface area contributed by atoms with E-state index in [1.165, 1.54) is 12.1 Å². The number of aliphatic carboxylic acids is 1. The summed E-state index contributed by atoms with van der Waals surface area (Å²) in [6, 6.07) is 4.19. The minimum Gasteiger partial charge on any atom is -0.481 e. The Morgan fingerprint density at radius 2 is 2.25 bits per heavy atom. The van der Waals surface area contributed by atoms with Crippen molar-refractivity contribution < 1.29 is 19.1 Å². The van der Waals surface area contributed by atoms with Gasteiger partial charge < -0.3 is 15.4 Å². The molecule has 1 amide bonds. The van der Waals surface area contributed by atoms with Gasteiger partial charge >= 0.3 is 5.97 Å². The number of carbonyl (C=O) groups is 2. The lowest BCUT2D eigenvalue weighted by Crippen LogP contribution is -2.26. The number of amides is 1. The molecule has 2 aromatic rings. The van der Waals surface area contributed by atoms with Gasteiger partial charge in [-0.05, 0) is 24.6 Å². The van der Waals surface area contributed by atoms with Crippen molar-refractivity contribution in [3.63, 3.8) is 0 Å². The zero-order valence-electron chi connectivity index (χ0n) is 10.4. The molecule has 0 radical (unpaired) electrons. The summed E-state index contributed by atoms with van der Waals surface area (Å²) >= 11 is 0. The highest BCUT2D eigenvalue weighted by Gasteiger charge is 2.48. The summed E-state index contributed by atoms with van der Waals surface area (Å²) in [7, 11) is 0. The van der Waals surface area contributed by atoms with Crippen LogP contribution in [-0.2, 0) is 16.1 Å². The molecule has 1 saturated carbocycles. The summed E-state index contributed by atoms with van der Waals surface area (Å²) in [5.74, 6) is -2.10. The van der Waals surface area contributed by atoms with Gasteiger partial charge in [0.1, 0.15) is 11.6 Å². The number of rotatable bonds is 4. The number of halogens is 1. The van der Waals surface area contributed by atoms with Gasteiger partial charge in [-0.3, -0.25) is 9.59 Å². The summed E-state index contributed by atoms with van der Waals surface area (Å²) in [6.45, 7) is 0.165. The van der Waals surface area contributed by atoms with Gasteiger partial charge in [0.25, 0.3) is 0 Å². The number of nitrogens with one attached hydrogen (secondary N) is 2. The smallest absolute Gasteiger partial charge is 0.307 e. The number of aromatic amines is 1. The number of fused-ring (bicyclic) bond motifs is 1. The number of H-pyrrole nitrogens is 1. The predicted molar refractivity (Wildman–Crippen MR) is 67.1 cm³/mol. The van der Waals surface area contributed by atoms with E-state index in [0.717, 1.165) is 0 Å². The van der Waals surface area contributed by atoms with Crippen LogP contribution < -0.4 is 5.32 Å². The molecule has 1 heterocycles. The van der Waals surface area contributed by atoms with Crippen LogP contribution in [0.15, 0.2) is 18.2 Å². The largest absolute Gasteiger partial charge is 0.481 e. The normalized spacial score (nSPS) is 20.9. The Kier molecular flexibility index (Phi) is 2.89. The molecule has 3 rings (SSSR count). The fourth-order valence-electron chi connectivity index (χ4n) is 2.18. The van der Waals surface area contributed by atoms with E-state index in [1.807, 2.05) is 0 Å². The van der Waals surface area contributed by atoms with E-state index in [1.54, 1.807) is 6.07 Å². The molecule has 104 valence electrons.